The molecule has 32 heavy (non-hydrogen) atoms. The number of carbonyl (C=O) groups excluding carboxylic acids is 2. The molecule has 1 aromatic heterocycles. The number of rotatable bonds is 6. The molecule has 0 unspecified atom stereocenters. The number of nitrogen functional groups attached to an aromatic ring is 1. The van der Waals surface area contributed by atoms with Crippen LogP contribution in [-0.4, -0.2) is 54.5 Å². The zero-order valence-electron chi connectivity index (χ0n) is 17.5. The molecular formula is C20H24F2N6O3S. The number of nitrogens with two attached hydrogens (primary N) is 1. The van der Waals surface area contributed by atoms with E-state index < -0.39 is 23.8 Å². The molecule has 2 aliphatic rings. The number of carbonyl (C=O) groups is 2. The van der Waals surface area contributed by atoms with Crippen LogP contribution < -0.4 is 20.9 Å². The molecule has 1 aromatic carbocycles. The molecule has 0 aliphatic carbocycles. The monoisotopic (exact) mass is 466 g/mol. The van der Waals surface area contributed by atoms with Gasteiger partial charge < -0.3 is 20.7 Å². The first-order chi connectivity index (χ1) is 15.3. The summed E-state index contributed by atoms with van der Waals surface area (Å²) in [5.74, 6) is -1.36. The lowest BCUT2D eigenvalue weighted by Crippen LogP contribution is -2.36. The van der Waals surface area contributed by atoms with E-state index in [-0.39, 0.29) is 30.4 Å². The van der Waals surface area contributed by atoms with Crippen molar-refractivity contribution in [3.8, 4) is 0 Å². The van der Waals surface area contributed by atoms with E-state index in [1.54, 1.807) is 4.90 Å². The molecule has 0 saturated carbocycles. The van der Waals surface area contributed by atoms with E-state index in [1.165, 1.54) is 23.2 Å². The van der Waals surface area contributed by atoms with Crippen LogP contribution in [0.1, 0.15) is 24.8 Å². The van der Waals surface area contributed by atoms with Crippen molar-refractivity contribution in [1.82, 2.24) is 15.5 Å². The fraction of sp³-hybridized carbons (Fsp3) is 0.500. The minimum atomic E-state index is -0.728. The Morgan fingerprint density at radius 1 is 1.28 bits per heavy atom. The van der Waals surface area contributed by atoms with Crippen molar-refractivity contribution in [1.29, 1.82) is 0 Å². The highest BCUT2D eigenvalue weighted by molar-refractivity contribution is 7.15. The van der Waals surface area contributed by atoms with Gasteiger partial charge in [-0.1, -0.05) is 11.3 Å². The van der Waals surface area contributed by atoms with Crippen molar-refractivity contribution in [2.75, 3.05) is 41.7 Å². The summed E-state index contributed by atoms with van der Waals surface area (Å²) in [4.78, 5) is 26.1. The largest absolute Gasteiger partial charge is 0.442 e. The smallest absolute Gasteiger partial charge is 0.414 e. The number of aromatic nitrogens is 2. The van der Waals surface area contributed by atoms with E-state index in [2.05, 4.69) is 15.5 Å². The van der Waals surface area contributed by atoms with E-state index in [4.69, 9.17) is 10.5 Å². The first kappa shape index (κ1) is 22.2. The fourth-order valence-electron chi connectivity index (χ4n) is 4.06. The van der Waals surface area contributed by atoms with Gasteiger partial charge in [0.2, 0.25) is 11.0 Å². The second-order valence-electron chi connectivity index (χ2n) is 7.98. The lowest BCUT2D eigenvalue weighted by molar-refractivity contribution is -0.119. The SMILES string of the molecule is CC(=O)NC[C@H]1CN(c2cc(F)c(N3CCC(Cc4nnc(N)s4)CC3)c(F)c2)C(=O)O1. The first-order valence-corrected chi connectivity index (χ1v) is 11.2. The average Bonchev–Trinajstić information content (AvgIpc) is 3.32. The Kier molecular flexibility index (Phi) is 6.40. The van der Waals surface area contributed by atoms with Crippen molar-refractivity contribution in [3.05, 3.63) is 28.8 Å². The number of hydrogen-bond acceptors (Lipinski definition) is 8. The Morgan fingerprint density at radius 2 is 1.97 bits per heavy atom. The predicted molar refractivity (Wildman–Crippen MR) is 116 cm³/mol. The van der Waals surface area contributed by atoms with Gasteiger partial charge in [0.05, 0.1) is 18.8 Å². The van der Waals surface area contributed by atoms with Crippen LogP contribution in [0.4, 0.5) is 30.1 Å². The molecule has 2 aliphatic heterocycles. The van der Waals surface area contributed by atoms with Gasteiger partial charge in [0.1, 0.15) is 16.8 Å². The van der Waals surface area contributed by atoms with Crippen LogP contribution in [0.15, 0.2) is 12.1 Å². The quantitative estimate of drug-likeness (QED) is 0.672. The van der Waals surface area contributed by atoms with Gasteiger partial charge in [-0.15, -0.1) is 10.2 Å². The van der Waals surface area contributed by atoms with Crippen LogP contribution >= 0.6 is 11.3 Å². The molecule has 9 nitrogen and oxygen atoms in total. The van der Waals surface area contributed by atoms with Gasteiger partial charge in [0.25, 0.3) is 0 Å². The number of hydrogen-bond donors (Lipinski definition) is 2. The molecule has 4 rings (SSSR count). The Labute approximate surface area is 187 Å². The van der Waals surface area contributed by atoms with Gasteiger partial charge in [0, 0.05) is 38.6 Å². The molecule has 0 bridgehead atoms. The van der Waals surface area contributed by atoms with Crippen LogP contribution in [0.5, 0.6) is 0 Å². The third-order valence-electron chi connectivity index (χ3n) is 5.64. The van der Waals surface area contributed by atoms with Gasteiger partial charge >= 0.3 is 6.09 Å². The van der Waals surface area contributed by atoms with E-state index in [1.807, 2.05) is 0 Å². The maximum absolute atomic E-state index is 14.9. The van der Waals surface area contributed by atoms with Gasteiger partial charge in [0.15, 0.2) is 11.6 Å². The van der Waals surface area contributed by atoms with E-state index in [0.717, 1.165) is 36.4 Å². The molecule has 12 heteroatoms. The highest BCUT2D eigenvalue weighted by Crippen LogP contribution is 2.34. The molecule has 2 aromatic rings. The standard InChI is InChI=1S/C20H24F2N6O3S/c1-11(29)24-9-14-10-28(20(30)31-14)13-7-15(21)18(16(22)8-13)27-4-2-12(3-5-27)6-17-25-26-19(23)32-17/h7-8,12,14H,2-6,9-10H2,1H3,(H2,23,26)(H,24,29)/t14-/m0/s1. The zero-order chi connectivity index (χ0) is 22.8. The second-order valence-corrected chi connectivity index (χ2v) is 9.07. The molecule has 0 radical (unpaired) electrons. The summed E-state index contributed by atoms with van der Waals surface area (Å²) in [5, 5.41) is 11.7. The molecule has 172 valence electrons. The number of benzene rings is 1. The molecule has 3 heterocycles. The maximum Gasteiger partial charge on any atom is 0.414 e. The molecule has 2 fully saturated rings. The number of amides is 2. The Hall–Kier alpha value is -3.02. The summed E-state index contributed by atoms with van der Waals surface area (Å²) in [7, 11) is 0. The summed E-state index contributed by atoms with van der Waals surface area (Å²) in [6.07, 6.45) is 1.00. The Morgan fingerprint density at radius 3 is 2.56 bits per heavy atom. The minimum Gasteiger partial charge on any atom is -0.442 e. The normalized spacial score (nSPS) is 19.3. The number of nitrogens with one attached hydrogen (secondary N) is 1. The number of halogens is 2. The summed E-state index contributed by atoms with van der Waals surface area (Å²) in [6.45, 7) is 2.61. The summed E-state index contributed by atoms with van der Waals surface area (Å²) < 4.78 is 35.0. The number of nitrogens with zero attached hydrogens (tertiary/aromatic N) is 4. The zero-order valence-corrected chi connectivity index (χ0v) is 18.3. The van der Waals surface area contributed by atoms with E-state index in [0.29, 0.717) is 24.1 Å². The van der Waals surface area contributed by atoms with Crippen molar-refractivity contribution in [2.45, 2.75) is 32.3 Å². The van der Waals surface area contributed by atoms with Crippen LogP contribution in [0, 0.1) is 17.6 Å². The second kappa shape index (κ2) is 9.23. The van der Waals surface area contributed by atoms with E-state index >= 15 is 0 Å². The van der Waals surface area contributed by atoms with Gasteiger partial charge in [-0.2, -0.15) is 0 Å². The topological polar surface area (TPSA) is 114 Å². The van der Waals surface area contributed by atoms with Crippen molar-refractivity contribution >= 4 is 39.8 Å². The minimum absolute atomic E-state index is 0.0859. The van der Waals surface area contributed by atoms with Crippen molar-refractivity contribution in [2.24, 2.45) is 5.92 Å². The van der Waals surface area contributed by atoms with Gasteiger partial charge in [-0.3, -0.25) is 9.69 Å². The molecule has 2 amide bonds. The third-order valence-corrected chi connectivity index (χ3v) is 6.42. The number of piperidine rings is 1. The van der Waals surface area contributed by atoms with Crippen LogP contribution in [0.3, 0.4) is 0 Å². The third kappa shape index (κ3) is 4.90. The van der Waals surface area contributed by atoms with E-state index in [9.17, 15) is 18.4 Å². The fourth-order valence-corrected chi connectivity index (χ4v) is 4.79. The predicted octanol–water partition coefficient (Wildman–Crippen LogP) is 2.32. The lowest BCUT2D eigenvalue weighted by atomic mass is 9.93. The first-order valence-electron chi connectivity index (χ1n) is 10.3. The summed E-state index contributed by atoms with van der Waals surface area (Å²) in [6, 6.07) is 2.30. The number of cyclic esters (lactones) is 1. The Bertz CT molecular complexity index is 988. The number of ether oxygens (including phenoxy) is 1. The van der Waals surface area contributed by atoms with Gasteiger partial charge in [-0.25, -0.2) is 13.6 Å². The molecule has 3 N–H and O–H groups in total. The molecule has 2 saturated heterocycles. The highest BCUT2D eigenvalue weighted by atomic mass is 32.1. The Balaban J connectivity index is 1.40. The van der Waals surface area contributed by atoms with Crippen LogP contribution in [0.25, 0.3) is 0 Å². The van der Waals surface area contributed by atoms with Crippen molar-refractivity contribution in [3.63, 3.8) is 0 Å². The lowest BCUT2D eigenvalue weighted by Gasteiger charge is -2.34. The van der Waals surface area contributed by atoms with Crippen LogP contribution in [-0.2, 0) is 16.0 Å². The highest BCUT2D eigenvalue weighted by Gasteiger charge is 2.34. The van der Waals surface area contributed by atoms with Crippen molar-refractivity contribution < 1.29 is 23.1 Å². The number of anilines is 3. The van der Waals surface area contributed by atoms with Crippen LogP contribution in [0.2, 0.25) is 0 Å². The summed E-state index contributed by atoms with van der Waals surface area (Å²) >= 11 is 1.36. The molecule has 0 spiro atoms. The molecular weight excluding hydrogens is 442 g/mol. The average molecular weight is 467 g/mol. The van der Waals surface area contributed by atoms with Gasteiger partial charge in [-0.05, 0) is 18.8 Å². The summed E-state index contributed by atoms with van der Waals surface area (Å²) in [5.41, 5.74) is 5.62. The molecule has 1 atom stereocenters. The maximum atomic E-state index is 14.9.